The Labute approximate surface area is 139 Å². The van der Waals surface area contributed by atoms with Crippen LogP contribution in [0.1, 0.15) is 11.1 Å². The van der Waals surface area contributed by atoms with Crippen LogP contribution in [0.2, 0.25) is 5.02 Å². The Morgan fingerprint density at radius 1 is 1.30 bits per heavy atom. The summed E-state index contributed by atoms with van der Waals surface area (Å²) >= 11 is 5.88. The van der Waals surface area contributed by atoms with E-state index in [1.807, 2.05) is 6.07 Å². The van der Waals surface area contributed by atoms with Gasteiger partial charge in [-0.3, -0.25) is 9.69 Å². The van der Waals surface area contributed by atoms with Gasteiger partial charge in [-0.1, -0.05) is 23.7 Å². The fraction of sp³-hybridized carbons (Fsp3) is 0.176. The predicted molar refractivity (Wildman–Crippen MR) is 87.5 cm³/mol. The molecule has 0 aliphatic carbocycles. The standard InChI is InChI=1S/C17H15ClFN3O/c1-22(10-12-2-6-15(19)7-3-12)11-17(23)21-16-8-14(18)5-4-13(16)9-20/h2-8H,10-11H2,1H3,(H,21,23). The normalized spacial score (nSPS) is 10.4. The van der Waals surface area contributed by atoms with Gasteiger partial charge in [-0.05, 0) is 42.9 Å². The third kappa shape index (κ3) is 5.06. The minimum atomic E-state index is -0.292. The van der Waals surface area contributed by atoms with Crippen LogP contribution < -0.4 is 5.32 Å². The lowest BCUT2D eigenvalue weighted by molar-refractivity contribution is -0.117. The molecule has 0 heterocycles. The molecule has 2 aromatic rings. The Bertz CT molecular complexity index is 740. The van der Waals surface area contributed by atoms with Crippen molar-refractivity contribution in [3.05, 3.63) is 64.4 Å². The topological polar surface area (TPSA) is 56.1 Å². The summed E-state index contributed by atoms with van der Waals surface area (Å²) in [4.78, 5) is 13.9. The first-order valence-corrected chi connectivity index (χ1v) is 7.28. The summed E-state index contributed by atoms with van der Waals surface area (Å²) in [6.45, 7) is 0.642. The van der Waals surface area contributed by atoms with Crippen molar-refractivity contribution in [2.45, 2.75) is 6.54 Å². The molecule has 0 saturated carbocycles. The zero-order chi connectivity index (χ0) is 16.8. The molecule has 0 spiro atoms. The lowest BCUT2D eigenvalue weighted by Gasteiger charge is -2.16. The molecule has 0 saturated heterocycles. The van der Waals surface area contributed by atoms with Gasteiger partial charge in [-0.2, -0.15) is 5.26 Å². The molecule has 0 atom stereocenters. The van der Waals surface area contributed by atoms with Crippen LogP contribution in [-0.2, 0) is 11.3 Å². The second-order valence-corrected chi connectivity index (χ2v) is 5.59. The van der Waals surface area contributed by atoms with Crippen molar-refractivity contribution < 1.29 is 9.18 Å². The van der Waals surface area contributed by atoms with Crippen LogP contribution in [0.15, 0.2) is 42.5 Å². The highest BCUT2D eigenvalue weighted by atomic mass is 35.5. The monoisotopic (exact) mass is 331 g/mol. The van der Waals surface area contributed by atoms with Crippen LogP contribution in [0, 0.1) is 17.1 Å². The maximum Gasteiger partial charge on any atom is 0.238 e. The van der Waals surface area contributed by atoms with E-state index in [2.05, 4.69) is 5.32 Å². The number of hydrogen-bond acceptors (Lipinski definition) is 3. The van der Waals surface area contributed by atoms with E-state index in [1.165, 1.54) is 18.2 Å². The number of carbonyl (C=O) groups is 1. The lowest BCUT2D eigenvalue weighted by atomic mass is 10.2. The Kier molecular flexibility index (Phi) is 5.69. The molecule has 1 amide bonds. The van der Waals surface area contributed by atoms with Gasteiger partial charge in [0, 0.05) is 11.6 Å². The van der Waals surface area contributed by atoms with Gasteiger partial charge >= 0.3 is 0 Å². The average molecular weight is 332 g/mol. The molecule has 23 heavy (non-hydrogen) atoms. The molecule has 4 nitrogen and oxygen atoms in total. The number of nitrogens with zero attached hydrogens (tertiary/aromatic N) is 2. The highest BCUT2D eigenvalue weighted by Gasteiger charge is 2.10. The Hall–Kier alpha value is -2.42. The van der Waals surface area contributed by atoms with Gasteiger partial charge < -0.3 is 5.32 Å². The van der Waals surface area contributed by atoms with Gasteiger partial charge in [0.25, 0.3) is 0 Å². The average Bonchev–Trinajstić information content (AvgIpc) is 2.49. The zero-order valence-corrected chi connectivity index (χ0v) is 13.3. The van der Waals surface area contributed by atoms with Crippen molar-refractivity contribution in [2.24, 2.45) is 0 Å². The van der Waals surface area contributed by atoms with E-state index in [0.717, 1.165) is 5.56 Å². The molecule has 0 unspecified atom stereocenters. The molecule has 0 radical (unpaired) electrons. The van der Waals surface area contributed by atoms with Crippen LogP contribution >= 0.6 is 11.6 Å². The fourth-order valence-electron chi connectivity index (χ4n) is 2.11. The van der Waals surface area contributed by atoms with E-state index in [0.29, 0.717) is 22.8 Å². The largest absolute Gasteiger partial charge is 0.324 e. The lowest BCUT2D eigenvalue weighted by Crippen LogP contribution is -2.30. The summed E-state index contributed by atoms with van der Waals surface area (Å²) in [6, 6.07) is 12.8. The summed E-state index contributed by atoms with van der Waals surface area (Å²) in [5.74, 6) is -0.549. The molecule has 1 N–H and O–H groups in total. The van der Waals surface area contributed by atoms with Crippen LogP contribution in [0.25, 0.3) is 0 Å². The number of nitriles is 1. The second kappa shape index (κ2) is 7.73. The van der Waals surface area contributed by atoms with Crippen molar-refractivity contribution in [2.75, 3.05) is 18.9 Å². The third-order valence-electron chi connectivity index (χ3n) is 3.16. The minimum Gasteiger partial charge on any atom is -0.324 e. The molecule has 0 aromatic heterocycles. The molecule has 2 aromatic carbocycles. The van der Waals surface area contributed by atoms with Crippen LogP contribution in [-0.4, -0.2) is 24.4 Å². The smallest absolute Gasteiger partial charge is 0.238 e. The minimum absolute atomic E-state index is 0.134. The number of likely N-dealkylation sites (N-methyl/N-ethyl adjacent to an activating group) is 1. The number of amides is 1. The van der Waals surface area contributed by atoms with E-state index < -0.39 is 0 Å². The van der Waals surface area contributed by atoms with Gasteiger partial charge in [0.2, 0.25) is 5.91 Å². The molecular weight excluding hydrogens is 317 g/mol. The summed E-state index contributed by atoms with van der Waals surface area (Å²) in [7, 11) is 1.78. The maximum atomic E-state index is 12.9. The molecule has 0 aliphatic rings. The van der Waals surface area contributed by atoms with Crippen LogP contribution in [0.5, 0.6) is 0 Å². The van der Waals surface area contributed by atoms with E-state index in [9.17, 15) is 9.18 Å². The van der Waals surface area contributed by atoms with Crippen molar-refractivity contribution in [1.29, 1.82) is 5.26 Å². The second-order valence-electron chi connectivity index (χ2n) is 5.15. The summed E-state index contributed by atoms with van der Waals surface area (Å²) in [6.07, 6.45) is 0. The van der Waals surface area contributed by atoms with Crippen molar-refractivity contribution in [3.63, 3.8) is 0 Å². The van der Waals surface area contributed by atoms with E-state index in [-0.39, 0.29) is 18.3 Å². The van der Waals surface area contributed by atoms with Gasteiger partial charge in [-0.25, -0.2) is 4.39 Å². The number of halogens is 2. The van der Waals surface area contributed by atoms with Crippen molar-refractivity contribution >= 4 is 23.2 Å². The quantitative estimate of drug-likeness (QED) is 0.913. The maximum absolute atomic E-state index is 12.9. The molecule has 0 fully saturated rings. The van der Waals surface area contributed by atoms with Gasteiger partial charge in [-0.15, -0.1) is 0 Å². The summed E-state index contributed by atoms with van der Waals surface area (Å²) in [5, 5.41) is 12.2. The molecule has 6 heteroatoms. The number of hydrogen-bond donors (Lipinski definition) is 1. The van der Waals surface area contributed by atoms with Gasteiger partial charge in [0.15, 0.2) is 0 Å². The first-order chi connectivity index (χ1) is 11.0. The highest BCUT2D eigenvalue weighted by molar-refractivity contribution is 6.31. The van der Waals surface area contributed by atoms with Crippen LogP contribution in [0.3, 0.4) is 0 Å². The molecule has 0 aliphatic heterocycles. The Morgan fingerprint density at radius 3 is 2.65 bits per heavy atom. The summed E-state index contributed by atoms with van der Waals surface area (Å²) < 4.78 is 12.9. The van der Waals surface area contributed by atoms with E-state index in [1.54, 1.807) is 36.2 Å². The number of rotatable bonds is 5. The summed E-state index contributed by atoms with van der Waals surface area (Å²) in [5.41, 5.74) is 1.64. The van der Waals surface area contributed by atoms with E-state index >= 15 is 0 Å². The highest BCUT2D eigenvalue weighted by Crippen LogP contribution is 2.20. The van der Waals surface area contributed by atoms with Crippen molar-refractivity contribution in [3.8, 4) is 6.07 Å². The SMILES string of the molecule is CN(CC(=O)Nc1cc(Cl)ccc1C#N)Cc1ccc(F)cc1. The predicted octanol–water partition coefficient (Wildman–Crippen LogP) is 3.42. The molecule has 2 rings (SSSR count). The van der Waals surface area contributed by atoms with Gasteiger partial charge in [0.05, 0.1) is 17.8 Å². The Morgan fingerprint density at radius 2 is 2.00 bits per heavy atom. The zero-order valence-electron chi connectivity index (χ0n) is 12.5. The molecular formula is C17H15ClFN3O. The van der Waals surface area contributed by atoms with Gasteiger partial charge in [0.1, 0.15) is 11.9 Å². The number of nitrogens with one attached hydrogen (secondary N) is 1. The number of anilines is 1. The fourth-order valence-corrected chi connectivity index (χ4v) is 2.28. The molecule has 118 valence electrons. The molecule has 0 bridgehead atoms. The number of benzene rings is 2. The third-order valence-corrected chi connectivity index (χ3v) is 3.39. The first-order valence-electron chi connectivity index (χ1n) is 6.90. The van der Waals surface area contributed by atoms with Crippen LogP contribution in [0.4, 0.5) is 10.1 Å². The first kappa shape index (κ1) is 16.9. The van der Waals surface area contributed by atoms with Crippen molar-refractivity contribution in [1.82, 2.24) is 4.90 Å². The number of carbonyl (C=O) groups excluding carboxylic acids is 1. The Balaban J connectivity index is 1.95. The van der Waals surface area contributed by atoms with E-state index in [4.69, 9.17) is 16.9 Å².